The minimum Gasteiger partial charge on any atom is -0.432 e. The highest BCUT2D eigenvalue weighted by molar-refractivity contribution is 5.80. The highest BCUT2D eigenvalue weighted by Crippen LogP contribution is 2.76. The average Bonchev–Trinajstić information content (AvgIpc) is 0.734. The number of allylic oxidation sites excluding steroid dienone is 2. The molecular formula is C63H102O29. The van der Waals surface area contributed by atoms with E-state index in [1.807, 2.05) is 0 Å². The van der Waals surface area contributed by atoms with Gasteiger partial charge >= 0.3 is 5.97 Å². The van der Waals surface area contributed by atoms with Gasteiger partial charge < -0.3 is 139 Å². The Morgan fingerprint density at radius 3 is 1.82 bits per heavy atom. The molecule has 35 atom stereocenters. The first-order chi connectivity index (χ1) is 43.0. The first kappa shape index (κ1) is 71.4. The van der Waals surface area contributed by atoms with Gasteiger partial charge in [0.25, 0.3) is 0 Å². The lowest BCUT2D eigenvalue weighted by Crippen LogP contribution is -2.68. The standard InChI is InChI=1S/C63H102O29/c1-25-36(69)39(72)42(75)51(84-25)89-46-31(20-64)86-53(44(77)47(46)90-55-49(78)62(80,23-65)24-83-55)87-35-13-14-59(7)32(58(35,5)6)12-15-60(8)33(59)11-10-27-28-18-57(3,4)16-17-63(28,34(68)19-61(27,60)9)56(79)92-54-48(38(71)30(67)22-82-54)91-52-43(76)40(73)45(26(2)85-52)88-50-41(74)37(70)29(66)21-81-50/h10,25-26,28-55,64-78,80H,11-24H2,1-9H3/t25-,26-,28-,29+,30-,31+,32?,33?,34?,35-,36-,37-,38-,39+,40-,41+,42+,43+,44+,45-,46+,47+,48+,49-,50-,51-,52-,53-,54-,55-,59-,60+,61+,62+,63+/m0/s1. The number of hydrogen-bond donors (Lipinski definition) is 16. The van der Waals surface area contributed by atoms with E-state index in [2.05, 4.69) is 54.5 Å². The lowest BCUT2D eigenvalue weighted by atomic mass is 9.33. The third-order valence-corrected chi connectivity index (χ3v) is 24.5. The molecule has 6 aliphatic heterocycles. The van der Waals surface area contributed by atoms with Crippen molar-refractivity contribution in [3.8, 4) is 0 Å². The summed E-state index contributed by atoms with van der Waals surface area (Å²) in [7, 11) is 0. The van der Waals surface area contributed by atoms with Crippen molar-refractivity contribution in [1.29, 1.82) is 0 Å². The van der Waals surface area contributed by atoms with Crippen LogP contribution in [0.5, 0.6) is 0 Å². The number of aliphatic hydroxyl groups excluding tert-OH is 15. The van der Waals surface area contributed by atoms with Crippen molar-refractivity contribution in [1.82, 2.24) is 0 Å². The van der Waals surface area contributed by atoms with Crippen LogP contribution in [-0.2, 0) is 61.6 Å². The van der Waals surface area contributed by atoms with Crippen molar-refractivity contribution in [2.45, 2.75) is 292 Å². The molecule has 29 nitrogen and oxygen atoms in total. The Morgan fingerprint density at radius 2 is 1.15 bits per heavy atom. The summed E-state index contributed by atoms with van der Waals surface area (Å²) >= 11 is 0. The molecule has 6 saturated heterocycles. The highest BCUT2D eigenvalue weighted by Gasteiger charge is 2.72. The highest BCUT2D eigenvalue weighted by atomic mass is 16.8. The average molecular weight is 1320 g/mol. The molecule has 0 aromatic rings. The predicted octanol–water partition coefficient (Wildman–Crippen LogP) is -3.44. The minimum atomic E-state index is -2.13. The molecule has 4 saturated carbocycles. The first-order valence-electron chi connectivity index (χ1n) is 32.8. The Balaban J connectivity index is 0.813. The molecule has 11 rings (SSSR count). The van der Waals surface area contributed by atoms with Crippen molar-refractivity contribution in [3.63, 3.8) is 0 Å². The molecule has 0 radical (unpaired) electrons. The number of aliphatic hydroxyl groups is 16. The van der Waals surface area contributed by atoms with Crippen LogP contribution in [0.25, 0.3) is 0 Å². The van der Waals surface area contributed by atoms with E-state index in [-0.39, 0.29) is 35.5 Å². The molecule has 6 heterocycles. The molecule has 5 aliphatic carbocycles. The number of hydrogen-bond acceptors (Lipinski definition) is 29. The maximum atomic E-state index is 15.5. The third kappa shape index (κ3) is 11.8. The Bertz CT molecular complexity index is 2620. The Hall–Kier alpha value is -1.87. The number of rotatable bonds is 14. The van der Waals surface area contributed by atoms with Gasteiger partial charge in [-0.1, -0.05) is 60.1 Å². The van der Waals surface area contributed by atoms with Crippen molar-refractivity contribution in [3.05, 3.63) is 11.6 Å². The Morgan fingerprint density at radius 1 is 0.554 bits per heavy atom. The summed E-state index contributed by atoms with van der Waals surface area (Å²) < 4.78 is 72.2. The van der Waals surface area contributed by atoms with Gasteiger partial charge in [0, 0.05) is 0 Å². The lowest BCUT2D eigenvalue weighted by molar-refractivity contribution is -0.380. The van der Waals surface area contributed by atoms with Crippen LogP contribution in [-0.4, -0.2) is 292 Å². The van der Waals surface area contributed by atoms with E-state index in [1.165, 1.54) is 13.8 Å². The van der Waals surface area contributed by atoms with Crippen LogP contribution < -0.4 is 0 Å². The Labute approximate surface area is 534 Å². The van der Waals surface area contributed by atoms with Crippen LogP contribution in [0, 0.1) is 50.2 Å². The molecule has 29 heteroatoms. The zero-order valence-electron chi connectivity index (χ0n) is 53.8. The topological polar surface area (TPSA) is 452 Å². The van der Waals surface area contributed by atoms with Crippen molar-refractivity contribution >= 4 is 5.97 Å². The maximum absolute atomic E-state index is 15.5. The molecule has 11 aliphatic rings. The van der Waals surface area contributed by atoms with E-state index >= 15 is 4.79 Å². The lowest BCUT2D eigenvalue weighted by Gasteiger charge is -2.71. The van der Waals surface area contributed by atoms with Crippen LogP contribution in [0.15, 0.2) is 11.6 Å². The molecule has 528 valence electrons. The molecule has 3 unspecified atom stereocenters. The van der Waals surface area contributed by atoms with E-state index in [9.17, 15) is 81.7 Å². The molecule has 0 amide bonds. The summed E-state index contributed by atoms with van der Waals surface area (Å²) in [6, 6.07) is 0. The van der Waals surface area contributed by atoms with Crippen LogP contribution in [0.2, 0.25) is 0 Å². The molecule has 0 aromatic carbocycles. The van der Waals surface area contributed by atoms with Crippen molar-refractivity contribution < 1.29 is 143 Å². The van der Waals surface area contributed by atoms with E-state index in [0.29, 0.717) is 44.9 Å². The number of carbonyl (C=O) groups excluding carboxylic acids is 1. The fourth-order valence-electron chi connectivity index (χ4n) is 18.7. The van der Waals surface area contributed by atoms with E-state index in [4.69, 9.17) is 56.8 Å². The zero-order valence-corrected chi connectivity index (χ0v) is 53.8. The molecule has 92 heavy (non-hydrogen) atoms. The predicted molar refractivity (Wildman–Crippen MR) is 309 cm³/mol. The second-order valence-electron chi connectivity index (χ2n) is 30.8. The fourth-order valence-corrected chi connectivity index (χ4v) is 18.7. The maximum Gasteiger partial charge on any atom is 0.317 e. The second-order valence-corrected chi connectivity index (χ2v) is 30.8. The van der Waals surface area contributed by atoms with Crippen LogP contribution in [0.1, 0.15) is 120 Å². The third-order valence-electron chi connectivity index (χ3n) is 24.5. The van der Waals surface area contributed by atoms with Crippen LogP contribution >= 0.6 is 0 Å². The van der Waals surface area contributed by atoms with Gasteiger partial charge in [-0.25, -0.2) is 0 Å². The van der Waals surface area contributed by atoms with Crippen molar-refractivity contribution in [2.75, 3.05) is 33.0 Å². The number of ether oxygens (including phenoxy) is 12. The van der Waals surface area contributed by atoms with Gasteiger partial charge in [0.1, 0.15) is 109 Å². The van der Waals surface area contributed by atoms with E-state index in [1.54, 1.807) is 0 Å². The van der Waals surface area contributed by atoms with E-state index in [0.717, 1.165) is 5.57 Å². The SMILES string of the molecule is C[C@@H]1O[C@@H](O[C@H]2[C@H](O[C@@H]3OC[C@](O)(CO)[C@H]3O)[C@@H](O)[C@H](O[C@H]3CC[C@@]4(C)C(CC[C@]5(C)C4CC=C4[C@@H]6CC(C)(C)CC[C@]6(C(=O)O[C@@H]6OC[C@H](O)[C@H](O)[C@H]6O[C@@H]6O[C@@H](C)[C@H](O[C@@H]7OC[C@@H](O)[C@H](O)[C@H]7O)[C@@H](O)[C@H]6O)C(O)C[C@]45C)C3(C)C)O[C@@H]2CO)[C@H](O)[C@H](O)[C@H]1O. The number of carbonyl (C=O) groups is 1. The molecule has 0 spiro atoms. The fraction of sp³-hybridized carbons (Fsp3) is 0.952. The van der Waals surface area contributed by atoms with Gasteiger partial charge in [-0.3, -0.25) is 4.79 Å². The molecule has 0 bridgehead atoms. The van der Waals surface area contributed by atoms with Crippen LogP contribution in [0.3, 0.4) is 0 Å². The Kier molecular flexibility index (Phi) is 20.2. The molecule has 10 fully saturated rings. The normalized spacial score (nSPS) is 55.0. The quantitative estimate of drug-likeness (QED) is 0.0457. The van der Waals surface area contributed by atoms with Crippen LogP contribution in [0.4, 0.5) is 0 Å². The number of esters is 1. The summed E-state index contributed by atoms with van der Waals surface area (Å²) in [4.78, 5) is 15.5. The van der Waals surface area contributed by atoms with E-state index < -0.39 is 238 Å². The van der Waals surface area contributed by atoms with Gasteiger partial charge in [-0.05, 0) is 116 Å². The minimum absolute atomic E-state index is 0.00266. The molecule has 16 N–H and O–H groups in total. The first-order valence-corrected chi connectivity index (χ1v) is 32.8. The summed E-state index contributed by atoms with van der Waals surface area (Å²) in [6.45, 7) is 15.2. The summed E-state index contributed by atoms with van der Waals surface area (Å²) in [5, 5.41) is 176. The molecule has 0 aromatic heterocycles. The largest absolute Gasteiger partial charge is 0.432 e. The van der Waals surface area contributed by atoms with Gasteiger partial charge in [0.15, 0.2) is 37.6 Å². The summed E-state index contributed by atoms with van der Waals surface area (Å²) in [6.07, 6.45) is -34.7. The number of fused-ring (bicyclic) bond motifs is 7. The summed E-state index contributed by atoms with van der Waals surface area (Å²) in [5.74, 6) is -1.28. The van der Waals surface area contributed by atoms with Gasteiger partial charge in [0.05, 0.1) is 57.5 Å². The molecular weight excluding hydrogens is 1220 g/mol. The smallest absolute Gasteiger partial charge is 0.317 e. The second kappa shape index (κ2) is 26.0. The van der Waals surface area contributed by atoms with Gasteiger partial charge in [0.2, 0.25) is 6.29 Å². The van der Waals surface area contributed by atoms with Crippen molar-refractivity contribution in [2.24, 2.45) is 50.2 Å². The monoisotopic (exact) mass is 1320 g/mol. The van der Waals surface area contributed by atoms with Gasteiger partial charge in [-0.15, -0.1) is 0 Å². The zero-order chi connectivity index (χ0) is 67.1. The van der Waals surface area contributed by atoms with Gasteiger partial charge in [-0.2, -0.15) is 0 Å². The summed E-state index contributed by atoms with van der Waals surface area (Å²) in [5.41, 5.74) is -4.94.